The Morgan fingerprint density at radius 1 is 1.29 bits per heavy atom. The largest absolute Gasteiger partial charge is 0.350 e. The Morgan fingerprint density at radius 2 is 2.05 bits per heavy atom. The minimum Gasteiger partial charge on any atom is -0.350 e. The van der Waals surface area contributed by atoms with Gasteiger partial charge in [-0.05, 0) is 24.7 Å². The Bertz CT molecular complexity index is 488. The average molecular weight is 290 g/mol. The Kier molecular flexibility index (Phi) is 4.58. The molecule has 1 aliphatic heterocycles. The number of nitrogens with zero attached hydrogens (tertiary/aromatic N) is 1. The lowest BCUT2D eigenvalue weighted by Gasteiger charge is -2.27. The van der Waals surface area contributed by atoms with Crippen LogP contribution in [0.5, 0.6) is 0 Å². The molecule has 0 aromatic carbocycles. The summed E-state index contributed by atoms with van der Waals surface area (Å²) in [5, 5.41) is 13.6. The smallest absolute Gasteiger partial charge is 0.272 e. The molecule has 0 bridgehead atoms. The fraction of sp³-hybridized carbons (Fsp3) is 0.750. The van der Waals surface area contributed by atoms with Crippen LogP contribution in [0, 0.1) is 11.8 Å². The molecule has 0 radical (unpaired) electrons. The van der Waals surface area contributed by atoms with Crippen molar-refractivity contribution in [3.8, 4) is 0 Å². The highest BCUT2D eigenvalue weighted by Gasteiger charge is 2.24. The Balaban J connectivity index is 1.52. The molecule has 3 N–H and O–H groups in total. The highest BCUT2D eigenvalue weighted by Crippen LogP contribution is 2.30. The van der Waals surface area contributed by atoms with Gasteiger partial charge in [0.05, 0.1) is 0 Å². The van der Waals surface area contributed by atoms with Gasteiger partial charge in [-0.25, -0.2) is 0 Å². The first-order chi connectivity index (χ1) is 10.3. The van der Waals surface area contributed by atoms with Crippen molar-refractivity contribution in [1.29, 1.82) is 0 Å². The number of rotatable bonds is 4. The van der Waals surface area contributed by atoms with E-state index >= 15 is 0 Å². The van der Waals surface area contributed by atoms with Crippen molar-refractivity contribution >= 4 is 5.91 Å². The number of hydrogen-bond acceptors (Lipinski definition) is 3. The lowest BCUT2D eigenvalue weighted by molar-refractivity contribution is 0.0935. The van der Waals surface area contributed by atoms with Crippen LogP contribution in [0.3, 0.4) is 0 Å². The molecule has 0 spiro atoms. The minimum atomic E-state index is -0.0196. The number of carbonyl (C=O) groups excluding carboxylic acids is 1. The molecule has 0 unspecified atom stereocenters. The molecule has 1 aromatic rings. The van der Waals surface area contributed by atoms with Gasteiger partial charge in [-0.2, -0.15) is 5.10 Å². The van der Waals surface area contributed by atoms with Crippen LogP contribution in [0.1, 0.15) is 60.8 Å². The second kappa shape index (κ2) is 6.60. The molecular weight excluding hydrogens is 264 g/mol. The monoisotopic (exact) mass is 290 g/mol. The summed E-state index contributed by atoms with van der Waals surface area (Å²) in [6.07, 6.45) is 7.36. The second-order valence-electron chi connectivity index (χ2n) is 6.46. The predicted molar refractivity (Wildman–Crippen MR) is 82.1 cm³/mol. The molecule has 116 valence electrons. The van der Waals surface area contributed by atoms with E-state index in [9.17, 15) is 4.79 Å². The van der Waals surface area contributed by atoms with Crippen molar-refractivity contribution in [2.45, 2.75) is 52.0 Å². The number of aromatic amines is 1. The summed E-state index contributed by atoms with van der Waals surface area (Å²) in [6, 6.07) is 0. The van der Waals surface area contributed by atoms with Crippen LogP contribution in [-0.4, -0.2) is 29.2 Å². The van der Waals surface area contributed by atoms with Gasteiger partial charge in [0.2, 0.25) is 0 Å². The molecule has 1 aromatic heterocycles. The van der Waals surface area contributed by atoms with Gasteiger partial charge in [-0.3, -0.25) is 9.89 Å². The number of nitrogens with one attached hydrogen (secondary N) is 3. The topological polar surface area (TPSA) is 69.8 Å². The third-order valence-electron chi connectivity index (χ3n) is 5.12. The van der Waals surface area contributed by atoms with Gasteiger partial charge >= 0.3 is 0 Å². The second-order valence-corrected chi connectivity index (χ2v) is 6.46. The number of aromatic nitrogens is 2. The fourth-order valence-electron chi connectivity index (χ4n) is 3.58. The zero-order valence-electron chi connectivity index (χ0n) is 12.9. The summed E-state index contributed by atoms with van der Waals surface area (Å²) < 4.78 is 0. The van der Waals surface area contributed by atoms with Gasteiger partial charge in [-0.1, -0.05) is 26.2 Å². The van der Waals surface area contributed by atoms with Crippen molar-refractivity contribution in [1.82, 2.24) is 20.8 Å². The van der Waals surface area contributed by atoms with E-state index < -0.39 is 0 Å². The summed E-state index contributed by atoms with van der Waals surface area (Å²) in [5.41, 5.74) is 2.75. The van der Waals surface area contributed by atoms with Crippen LogP contribution < -0.4 is 10.6 Å². The summed E-state index contributed by atoms with van der Waals surface area (Å²) >= 11 is 0. The molecule has 1 saturated carbocycles. The van der Waals surface area contributed by atoms with E-state index in [4.69, 9.17) is 0 Å². The summed E-state index contributed by atoms with van der Waals surface area (Å²) in [7, 11) is 0. The molecule has 2 heterocycles. The number of fused-ring (bicyclic) bond motifs is 1. The number of carbonyl (C=O) groups is 1. The first-order valence-corrected chi connectivity index (χ1v) is 8.33. The minimum absolute atomic E-state index is 0.0196. The Hall–Kier alpha value is -1.36. The van der Waals surface area contributed by atoms with Crippen molar-refractivity contribution in [3.05, 3.63) is 17.0 Å². The van der Waals surface area contributed by atoms with Crippen LogP contribution in [-0.2, 0) is 13.0 Å². The molecule has 1 amide bonds. The van der Waals surface area contributed by atoms with Crippen LogP contribution in [0.15, 0.2) is 0 Å². The quantitative estimate of drug-likeness (QED) is 0.794. The molecule has 1 fully saturated rings. The van der Waals surface area contributed by atoms with Gasteiger partial charge in [0.1, 0.15) is 0 Å². The van der Waals surface area contributed by atoms with Crippen LogP contribution >= 0.6 is 0 Å². The standard InChI is InChI=1S/C16H26N4O/c1-2-11-3-5-12(6-4-11)9-18-16(21)15-13-10-17-8-7-14(13)19-20-15/h11-12,17H,2-10H2,1H3,(H,18,21)(H,19,20). The van der Waals surface area contributed by atoms with E-state index in [1.54, 1.807) is 0 Å². The molecular formula is C16H26N4O. The normalized spacial score (nSPS) is 25.4. The van der Waals surface area contributed by atoms with Crippen molar-refractivity contribution < 1.29 is 4.79 Å². The zero-order chi connectivity index (χ0) is 14.7. The molecule has 3 rings (SSSR count). The van der Waals surface area contributed by atoms with Crippen molar-refractivity contribution in [2.24, 2.45) is 11.8 Å². The van der Waals surface area contributed by atoms with E-state index in [0.717, 1.165) is 43.2 Å². The maximum Gasteiger partial charge on any atom is 0.272 e. The highest BCUT2D eigenvalue weighted by atomic mass is 16.1. The van der Waals surface area contributed by atoms with E-state index in [-0.39, 0.29) is 5.91 Å². The highest BCUT2D eigenvalue weighted by molar-refractivity contribution is 5.94. The molecule has 1 aliphatic carbocycles. The average Bonchev–Trinajstić information content (AvgIpc) is 2.97. The van der Waals surface area contributed by atoms with Crippen LogP contribution in [0.2, 0.25) is 0 Å². The molecule has 0 saturated heterocycles. The van der Waals surface area contributed by atoms with Gasteiger partial charge in [0.15, 0.2) is 5.69 Å². The van der Waals surface area contributed by atoms with Gasteiger partial charge < -0.3 is 10.6 Å². The molecule has 5 heteroatoms. The third kappa shape index (κ3) is 3.28. The third-order valence-corrected chi connectivity index (χ3v) is 5.12. The zero-order valence-corrected chi connectivity index (χ0v) is 12.9. The SMILES string of the molecule is CCC1CCC(CNC(=O)c2n[nH]c3c2CNCC3)CC1. The van der Waals surface area contributed by atoms with E-state index in [2.05, 4.69) is 27.8 Å². The first kappa shape index (κ1) is 14.6. The van der Waals surface area contributed by atoms with Gasteiger partial charge in [0, 0.05) is 37.3 Å². The van der Waals surface area contributed by atoms with E-state index in [1.165, 1.54) is 32.1 Å². The summed E-state index contributed by atoms with van der Waals surface area (Å²) in [6.45, 7) is 4.78. The Morgan fingerprint density at radius 3 is 2.81 bits per heavy atom. The van der Waals surface area contributed by atoms with Gasteiger partial charge in [-0.15, -0.1) is 0 Å². The van der Waals surface area contributed by atoms with Crippen LogP contribution in [0.25, 0.3) is 0 Å². The van der Waals surface area contributed by atoms with Crippen molar-refractivity contribution in [3.63, 3.8) is 0 Å². The van der Waals surface area contributed by atoms with Crippen molar-refractivity contribution in [2.75, 3.05) is 13.1 Å². The maximum atomic E-state index is 12.3. The predicted octanol–water partition coefficient (Wildman–Crippen LogP) is 2.00. The van der Waals surface area contributed by atoms with Crippen LogP contribution in [0.4, 0.5) is 0 Å². The molecule has 5 nitrogen and oxygen atoms in total. The van der Waals surface area contributed by atoms with E-state index in [1.807, 2.05) is 0 Å². The summed E-state index contributed by atoms with van der Waals surface area (Å²) in [5.74, 6) is 1.53. The molecule has 2 aliphatic rings. The Labute approximate surface area is 126 Å². The lowest BCUT2D eigenvalue weighted by Crippen LogP contribution is -2.33. The number of amides is 1. The molecule has 0 atom stereocenters. The van der Waals surface area contributed by atoms with E-state index in [0.29, 0.717) is 11.6 Å². The van der Waals surface area contributed by atoms with Gasteiger partial charge in [0.25, 0.3) is 5.91 Å². The first-order valence-electron chi connectivity index (χ1n) is 8.33. The fourth-order valence-corrected chi connectivity index (χ4v) is 3.58. The number of hydrogen-bond donors (Lipinski definition) is 3. The maximum absolute atomic E-state index is 12.3. The molecule has 21 heavy (non-hydrogen) atoms. The summed E-state index contributed by atoms with van der Waals surface area (Å²) in [4.78, 5) is 12.3. The number of H-pyrrole nitrogens is 1. The lowest BCUT2D eigenvalue weighted by atomic mass is 9.81.